The van der Waals surface area contributed by atoms with E-state index in [0.29, 0.717) is 26.1 Å². The summed E-state index contributed by atoms with van der Waals surface area (Å²) in [5.41, 5.74) is -0.850. The van der Waals surface area contributed by atoms with Gasteiger partial charge in [-0.3, -0.25) is 4.79 Å². The summed E-state index contributed by atoms with van der Waals surface area (Å²) in [6.07, 6.45) is 1.01. The molecule has 1 N–H and O–H groups in total. The number of piperidine rings is 1. The molecule has 1 amide bonds. The summed E-state index contributed by atoms with van der Waals surface area (Å²) in [5.74, 6) is 0.285. The van der Waals surface area contributed by atoms with Gasteiger partial charge in [0, 0.05) is 32.6 Å². The number of likely N-dealkylation sites (tertiary alicyclic amines) is 1. The van der Waals surface area contributed by atoms with Crippen molar-refractivity contribution in [3.05, 3.63) is 0 Å². The summed E-state index contributed by atoms with van der Waals surface area (Å²) in [6.45, 7) is 8.10. The van der Waals surface area contributed by atoms with Gasteiger partial charge in [0.15, 0.2) is 0 Å². The van der Waals surface area contributed by atoms with Gasteiger partial charge in [-0.15, -0.1) is 0 Å². The first-order valence-corrected chi connectivity index (χ1v) is 6.54. The Kier molecular flexibility index (Phi) is 3.36. The van der Waals surface area contributed by atoms with Crippen LogP contribution in [0, 0.1) is 5.41 Å². The van der Waals surface area contributed by atoms with Crippen molar-refractivity contribution >= 4 is 11.9 Å². The van der Waals surface area contributed by atoms with E-state index in [9.17, 15) is 9.59 Å². The van der Waals surface area contributed by atoms with Gasteiger partial charge in [0.2, 0.25) is 0 Å². The molecule has 0 aromatic carbocycles. The van der Waals surface area contributed by atoms with Gasteiger partial charge in [-0.1, -0.05) is 0 Å². The molecule has 2 aliphatic heterocycles. The van der Waals surface area contributed by atoms with Crippen molar-refractivity contribution in [3.63, 3.8) is 0 Å². The lowest BCUT2D eigenvalue weighted by Gasteiger charge is -2.32. The molecule has 0 radical (unpaired) electrons. The number of nitrogens with one attached hydrogen (secondary N) is 1. The predicted molar refractivity (Wildman–Crippen MR) is 67.4 cm³/mol. The number of Topliss-reactive ketones (excluding diaryl/α,β-unsaturated/α-hetero) is 1. The Balaban J connectivity index is 1.99. The fourth-order valence-electron chi connectivity index (χ4n) is 2.62. The quantitative estimate of drug-likeness (QED) is 0.705. The molecule has 5 heteroatoms. The van der Waals surface area contributed by atoms with Gasteiger partial charge in [-0.25, -0.2) is 4.79 Å². The smallest absolute Gasteiger partial charge is 0.410 e. The fraction of sp³-hybridized carbons (Fsp3) is 0.846. The molecule has 1 spiro atoms. The van der Waals surface area contributed by atoms with Crippen LogP contribution in [0.3, 0.4) is 0 Å². The van der Waals surface area contributed by atoms with Crippen molar-refractivity contribution in [1.29, 1.82) is 0 Å². The average Bonchev–Trinajstić information content (AvgIpc) is 2.66. The summed E-state index contributed by atoms with van der Waals surface area (Å²) >= 11 is 0. The average molecular weight is 254 g/mol. The Morgan fingerprint density at radius 3 is 2.78 bits per heavy atom. The first kappa shape index (κ1) is 13.3. The van der Waals surface area contributed by atoms with Crippen molar-refractivity contribution in [3.8, 4) is 0 Å². The Morgan fingerprint density at radius 1 is 1.44 bits per heavy atom. The Bertz CT molecular complexity index is 362. The van der Waals surface area contributed by atoms with Crippen LogP contribution in [0.1, 0.15) is 33.6 Å². The topological polar surface area (TPSA) is 58.6 Å². The SMILES string of the molecule is CC(C)(C)OC(=O)N1CCC2(CNCCC2=O)C1. The minimum absolute atomic E-state index is 0.285. The maximum Gasteiger partial charge on any atom is 0.410 e. The van der Waals surface area contributed by atoms with Crippen molar-refractivity contribution in [2.75, 3.05) is 26.2 Å². The standard InChI is InChI=1S/C13H22N2O3/c1-12(2,3)18-11(17)15-7-5-13(9-15)8-14-6-4-10(13)16/h14H,4-9H2,1-3H3. The number of amides is 1. The molecule has 1 atom stereocenters. The van der Waals surface area contributed by atoms with E-state index in [1.165, 1.54) is 0 Å². The van der Waals surface area contributed by atoms with Gasteiger partial charge in [0.25, 0.3) is 0 Å². The Hall–Kier alpha value is -1.10. The molecule has 2 rings (SSSR count). The summed E-state index contributed by atoms with van der Waals surface area (Å²) in [7, 11) is 0. The number of carbonyl (C=O) groups excluding carboxylic acids is 2. The highest BCUT2D eigenvalue weighted by molar-refractivity contribution is 5.87. The van der Waals surface area contributed by atoms with Crippen LogP contribution in [-0.2, 0) is 9.53 Å². The minimum atomic E-state index is -0.484. The van der Waals surface area contributed by atoms with E-state index < -0.39 is 5.60 Å². The molecule has 5 nitrogen and oxygen atoms in total. The van der Waals surface area contributed by atoms with E-state index in [1.807, 2.05) is 20.8 Å². The van der Waals surface area contributed by atoms with Crippen molar-refractivity contribution < 1.29 is 14.3 Å². The summed E-state index contributed by atoms with van der Waals surface area (Å²) in [6, 6.07) is 0. The van der Waals surface area contributed by atoms with Crippen molar-refractivity contribution in [1.82, 2.24) is 10.2 Å². The second-order valence-electron chi connectivity index (χ2n) is 6.28. The number of hydrogen-bond donors (Lipinski definition) is 1. The Labute approximate surface area is 108 Å². The number of ether oxygens (including phenoxy) is 1. The second-order valence-corrected chi connectivity index (χ2v) is 6.28. The summed E-state index contributed by atoms with van der Waals surface area (Å²) < 4.78 is 5.35. The lowest BCUT2D eigenvalue weighted by molar-refractivity contribution is -0.129. The third kappa shape index (κ3) is 2.66. The number of rotatable bonds is 0. The fourth-order valence-corrected chi connectivity index (χ4v) is 2.62. The third-order valence-corrected chi connectivity index (χ3v) is 3.59. The molecule has 0 bridgehead atoms. The van der Waals surface area contributed by atoms with E-state index in [4.69, 9.17) is 4.74 Å². The lowest BCUT2D eigenvalue weighted by Crippen LogP contribution is -2.49. The maximum atomic E-state index is 12.1. The van der Waals surface area contributed by atoms with Crippen LogP contribution in [0.15, 0.2) is 0 Å². The molecule has 0 aromatic rings. The van der Waals surface area contributed by atoms with E-state index >= 15 is 0 Å². The monoisotopic (exact) mass is 254 g/mol. The van der Waals surface area contributed by atoms with Crippen LogP contribution in [0.25, 0.3) is 0 Å². The normalized spacial score (nSPS) is 28.8. The molecule has 2 saturated heterocycles. The first-order chi connectivity index (χ1) is 8.32. The van der Waals surface area contributed by atoms with Crippen LogP contribution in [0.4, 0.5) is 4.79 Å². The summed E-state index contributed by atoms with van der Waals surface area (Å²) in [5, 5.41) is 3.26. The van der Waals surface area contributed by atoms with Crippen LogP contribution in [0.2, 0.25) is 0 Å². The highest BCUT2D eigenvalue weighted by Gasteiger charge is 2.47. The van der Waals surface area contributed by atoms with E-state index in [-0.39, 0.29) is 17.3 Å². The lowest BCUT2D eigenvalue weighted by atomic mass is 9.79. The largest absolute Gasteiger partial charge is 0.444 e. The zero-order valence-electron chi connectivity index (χ0n) is 11.4. The van der Waals surface area contributed by atoms with Crippen molar-refractivity contribution in [2.24, 2.45) is 5.41 Å². The molecule has 102 valence electrons. The zero-order valence-corrected chi connectivity index (χ0v) is 11.4. The molecule has 1 unspecified atom stereocenters. The van der Waals surface area contributed by atoms with Gasteiger partial charge >= 0.3 is 6.09 Å². The third-order valence-electron chi connectivity index (χ3n) is 3.59. The Morgan fingerprint density at radius 2 is 2.17 bits per heavy atom. The number of hydrogen-bond acceptors (Lipinski definition) is 4. The highest BCUT2D eigenvalue weighted by atomic mass is 16.6. The molecular weight excluding hydrogens is 232 g/mol. The molecule has 2 heterocycles. The van der Waals surface area contributed by atoms with E-state index in [2.05, 4.69) is 5.32 Å². The van der Waals surface area contributed by atoms with Crippen LogP contribution in [-0.4, -0.2) is 48.6 Å². The van der Waals surface area contributed by atoms with Gasteiger partial charge in [-0.2, -0.15) is 0 Å². The molecule has 2 aliphatic rings. The van der Waals surface area contributed by atoms with E-state index in [0.717, 1.165) is 13.0 Å². The number of nitrogens with zero attached hydrogens (tertiary/aromatic N) is 1. The molecule has 18 heavy (non-hydrogen) atoms. The molecule has 0 aliphatic carbocycles. The molecular formula is C13H22N2O3. The van der Waals surface area contributed by atoms with Crippen LogP contribution < -0.4 is 5.32 Å². The second kappa shape index (κ2) is 4.53. The predicted octanol–water partition coefficient (Wildman–Crippen LogP) is 1.18. The maximum absolute atomic E-state index is 12.1. The summed E-state index contributed by atoms with van der Waals surface area (Å²) in [4.78, 5) is 25.7. The van der Waals surface area contributed by atoms with Crippen LogP contribution in [0.5, 0.6) is 0 Å². The first-order valence-electron chi connectivity index (χ1n) is 6.54. The van der Waals surface area contributed by atoms with Gasteiger partial charge in [0.1, 0.15) is 11.4 Å². The molecule has 0 saturated carbocycles. The van der Waals surface area contributed by atoms with Gasteiger partial charge < -0.3 is 15.0 Å². The minimum Gasteiger partial charge on any atom is -0.444 e. The van der Waals surface area contributed by atoms with Gasteiger partial charge in [0.05, 0.1) is 5.41 Å². The van der Waals surface area contributed by atoms with Gasteiger partial charge in [-0.05, 0) is 27.2 Å². The molecule has 2 fully saturated rings. The van der Waals surface area contributed by atoms with Crippen LogP contribution >= 0.6 is 0 Å². The van der Waals surface area contributed by atoms with E-state index in [1.54, 1.807) is 4.90 Å². The number of ketones is 1. The number of carbonyl (C=O) groups is 2. The zero-order chi connectivity index (χ0) is 13.4. The molecule has 0 aromatic heterocycles. The highest BCUT2D eigenvalue weighted by Crippen LogP contribution is 2.34. The van der Waals surface area contributed by atoms with Crippen molar-refractivity contribution in [2.45, 2.75) is 39.2 Å².